The zero-order valence-electron chi connectivity index (χ0n) is 18.3. The average molecular weight is 468 g/mol. The third-order valence-electron chi connectivity index (χ3n) is 4.71. The molecule has 0 radical (unpaired) electrons. The van der Waals surface area contributed by atoms with Gasteiger partial charge in [0.05, 0.1) is 31.9 Å². The minimum Gasteiger partial charge on any atom is -0.493 e. The number of carbonyl (C=O) groups excluding carboxylic acids is 1. The fourth-order valence-electron chi connectivity index (χ4n) is 3.06. The lowest BCUT2D eigenvalue weighted by Gasteiger charge is -2.21. The molecular formula is C24H25N3O5S. The summed E-state index contributed by atoms with van der Waals surface area (Å²) in [6, 6.07) is 22.3. The number of carbonyl (C=O) groups is 1. The van der Waals surface area contributed by atoms with Crippen LogP contribution >= 0.6 is 0 Å². The van der Waals surface area contributed by atoms with Gasteiger partial charge in [0.15, 0.2) is 11.5 Å². The van der Waals surface area contributed by atoms with E-state index in [-0.39, 0.29) is 11.4 Å². The summed E-state index contributed by atoms with van der Waals surface area (Å²) in [5.74, 6) is 0.527. The molecule has 0 bridgehead atoms. The van der Waals surface area contributed by atoms with E-state index in [9.17, 15) is 13.2 Å². The van der Waals surface area contributed by atoms with E-state index in [1.54, 1.807) is 48.5 Å². The second-order valence-electron chi connectivity index (χ2n) is 6.98. The van der Waals surface area contributed by atoms with Crippen molar-refractivity contribution >= 4 is 22.1 Å². The molecule has 3 rings (SSSR count). The van der Waals surface area contributed by atoms with Crippen molar-refractivity contribution in [2.75, 3.05) is 20.8 Å². The molecule has 172 valence electrons. The number of methoxy groups -OCH3 is 2. The van der Waals surface area contributed by atoms with Gasteiger partial charge in [-0.15, -0.1) is 0 Å². The highest BCUT2D eigenvalue weighted by Gasteiger charge is 2.26. The fraction of sp³-hybridized carbons (Fsp3) is 0.167. The van der Waals surface area contributed by atoms with Gasteiger partial charge in [-0.3, -0.25) is 4.79 Å². The molecule has 9 heteroatoms. The number of hydrazone groups is 1. The van der Waals surface area contributed by atoms with Crippen molar-refractivity contribution in [3.05, 3.63) is 90.0 Å². The maximum Gasteiger partial charge on any atom is 0.255 e. The zero-order valence-corrected chi connectivity index (χ0v) is 19.2. The number of sulfonamides is 1. The Morgan fingerprint density at radius 3 is 2.21 bits per heavy atom. The molecule has 0 fully saturated rings. The van der Waals surface area contributed by atoms with Crippen LogP contribution in [0.3, 0.4) is 0 Å². The third kappa shape index (κ3) is 6.41. The Labute approximate surface area is 193 Å². The van der Waals surface area contributed by atoms with Crippen LogP contribution in [0.1, 0.15) is 11.1 Å². The van der Waals surface area contributed by atoms with Gasteiger partial charge >= 0.3 is 0 Å². The molecule has 0 atom stereocenters. The first-order chi connectivity index (χ1) is 15.9. The minimum absolute atomic E-state index is 0.0465. The van der Waals surface area contributed by atoms with Crippen LogP contribution in [-0.2, 0) is 21.4 Å². The van der Waals surface area contributed by atoms with E-state index >= 15 is 0 Å². The van der Waals surface area contributed by atoms with Crippen LogP contribution in [0, 0.1) is 0 Å². The highest BCUT2D eigenvalue weighted by Crippen LogP contribution is 2.26. The third-order valence-corrected chi connectivity index (χ3v) is 6.52. The van der Waals surface area contributed by atoms with Crippen LogP contribution < -0.4 is 14.9 Å². The smallest absolute Gasteiger partial charge is 0.255 e. The number of hydrogen-bond donors (Lipinski definition) is 1. The predicted molar refractivity (Wildman–Crippen MR) is 126 cm³/mol. The Bertz CT molecular complexity index is 1200. The maximum atomic E-state index is 13.2. The summed E-state index contributed by atoms with van der Waals surface area (Å²) in [6.45, 7) is -0.347. The van der Waals surface area contributed by atoms with Gasteiger partial charge in [0.25, 0.3) is 5.91 Å². The van der Waals surface area contributed by atoms with Gasteiger partial charge in [0, 0.05) is 6.54 Å². The molecule has 0 aliphatic heterocycles. The number of hydrogen-bond acceptors (Lipinski definition) is 6. The van der Waals surface area contributed by atoms with E-state index in [2.05, 4.69) is 10.5 Å². The van der Waals surface area contributed by atoms with E-state index in [1.807, 2.05) is 18.2 Å². The largest absolute Gasteiger partial charge is 0.493 e. The summed E-state index contributed by atoms with van der Waals surface area (Å²) >= 11 is 0. The fourth-order valence-corrected chi connectivity index (χ4v) is 4.47. The van der Waals surface area contributed by atoms with Crippen LogP contribution in [0.2, 0.25) is 0 Å². The van der Waals surface area contributed by atoms with Gasteiger partial charge in [-0.25, -0.2) is 13.8 Å². The lowest BCUT2D eigenvalue weighted by atomic mass is 10.2. The number of rotatable bonds is 10. The molecule has 0 unspecified atom stereocenters. The lowest BCUT2D eigenvalue weighted by molar-refractivity contribution is -0.121. The molecule has 0 aliphatic rings. The second kappa shape index (κ2) is 11.3. The molecule has 1 N–H and O–H groups in total. The SMILES string of the molecule is COc1ccc(/C=N\NC(=O)CN(Cc2ccccc2)S(=O)(=O)c2ccccc2)cc1OC. The van der Waals surface area contributed by atoms with Gasteiger partial charge in [-0.05, 0) is 41.5 Å². The molecule has 0 saturated carbocycles. The van der Waals surface area contributed by atoms with Crippen molar-refractivity contribution in [1.82, 2.24) is 9.73 Å². The van der Waals surface area contributed by atoms with Gasteiger partial charge in [0.1, 0.15) is 0 Å². The Hall–Kier alpha value is -3.69. The number of amides is 1. The summed E-state index contributed by atoms with van der Waals surface area (Å²) in [7, 11) is -0.837. The molecule has 8 nitrogen and oxygen atoms in total. The summed E-state index contributed by atoms with van der Waals surface area (Å²) in [4.78, 5) is 12.7. The number of nitrogens with one attached hydrogen (secondary N) is 1. The monoisotopic (exact) mass is 467 g/mol. The molecule has 0 aliphatic carbocycles. The average Bonchev–Trinajstić information content (AvgIpc) is 2.84. The van der Waals surface area contributed by atoms with Crippen molar-refractivity contribution < 1.29 is 22.7 Å². The van der Waals surface area contributed by atoms with E-state index in [4.69, 9.17) is 9.47 Å². The molecule has 0 spiro atoms. The lowest BCUT2D eigenvalue weighted by Crippen LogP contribution is -2.39. The first kappa shape index (κ1) is 24.0. The maximum absolute atomic E-state index is 13.2. The van der Waals surface area contributed by atoms with Crippen LogP contribution in [0.25, 0.3) is 0 Å². The van der Waals surface area contributed by atoms with Crippen LogP contribution in [0.15, 0.2) is 88.9 Å². The molecule has 0 heterocycles. The first-order valence-electron chi connectivity index (χ1n) is 10.1. The quantitative estimate of drug-likeness (QED) is 0.365. The molecule has 3 aromatic carbocycles. The highest BCUT2D eigenvalue weighted by atomic mass is 32.2. The molecule has 33 heavy (non-hydrogen) atoms. The van der Waals surface area contributed by atoms with Gasteiger partial charge in [-0.2, -0.15) is 9.41 Å². The van der Waals surface area contributed by atoms with Crippen molar-refractivity contribution in [1.29, 1.82) is 0 Å². The molecule has 0 saturated heterocycles. The second-order valence-corrected chi connectivity index (χ2v) is 8.92. The standard InChI is InChI=1S/C24H25N3O5S/c1-31-22-14-13-20(15-23(22)32-2)16-25-26-24(28)18-27(17-19-9-5-3-6-10-19)33(29,30)21-11-7-4-8-12-21/h3-16H,17-18H2,1-2H3,(H,26,28)/b25-16-. The van der Waals surface area contributed by atoms with E-state index < -0.39 is 22.5 Å². The van der Waals surface area contributed by atoms with Crippen LogP contribution in [0.5, 0.6) is 11.5 Å². The van der Waals surface area contributed by atoms with E-state index in [0.717, 1.165) is 9.87 Å². The minimum atomic E-state index is -3.90. The zero-order chi connectivity index (χ0) is 23.7. The molecule has 1 amide bonds. The van der Waals surface area contributed by atoms with Crippen molar-refractivity contribution in [2.24, 2.45) is 5.10 Å². The summed E-state index contributed by atoms with van der Waals surface area (Å²) in [5, 5.41) is 3.94. The first-order valence-corrected chi connectivity index (χ1v) is 11.5. The number of ether oxygens (including phenoxy) is 2. The van der Waals surface area contributed by atoms with Crippen LogP contribution in [0.4, 0.5) is 0 Å². The summed E-state index contributed by atoms with van der Waals surface area (Å²) in [5.41, 5.74) is 3.82. The van der Waals surface area contributed by atoms with Crippen molar-refractivity contribution in [2.45, 2.75) is 11.4 Å². The molecule has 3 aromatic rings. The van der Waals surface area contributed by atoms with Crippen molar-refractivity contribution in [3.8, 4) is 11.5 Å². The Morgan fingerprint density at radius 2 is 1.58 bits per heavy atom. The van der Waals surface area contributed by atoms with Gasteiger partial charge in [0.2, 0.25) is 10.0 Å². The molecule has 0 aromatic heterocycles. The summed E-state index contributed by atoms with van der Waals surface area (Å²) in [6.07, 6.45) is 1.44. The Balaban J connectivity index is 1.74. The molecular weight excluding hydrogens is 442 g/mol. The predicted octanol–water partition coefficient (Wildman–Crippen LogP) is 3.05. The van der Waals surface area contributed by atoms with E-state index in [0.29, 0.717) is 17.1 Å². The van der Waals surface area contributed by atoms with E-state index in [1.165, 1.54) is 32.6 Å². The Kier molecular flexibility index (Phi) is 8.17. The van der Waals surface area contributed by atoms with Gasteiger partial charge < -0.3 is 9.47 Å². The summed E-state index contributed by atoms with van der Waals surface area (Å²) < 4.78 is 37.9. The van der Waals surface area contributed by atoms with Gasteiger partial charge in [-0.1, -0.05) is 48.5 Å². The van der Waals surface area contributed by atoms with Crippen LogP contribution in [-0.4, -0.2) is 45.6 Å². The highest BCUT2D eigenvalue weighted by molar-refractivity contribution is 7.89. The van der Waals surface area contributed by atoms with Crippen molar-refractivity contribution in [3.63, 3.8) is 0 Å². The Morgan fingerprint density at radius 1 is 0.939 bits per heavy atom. The number of benzene rings is 3. The topological polar surface area (TPSA) is 97.3 Å². The number of nitrogens with zero attached hydrogens (tertiary/aromatic N) is 2. The normalized spacial score (nSPS) is 11.5.